The molecule has 5 heteroatoms. The van der Waals surface area contributed by atoms with Gasteiger partial charge in [0.15, 0.2) is 0 Å². The zero-order valence-electron chi connectivity index (χ0n) is 13.2. The molecule has 0 aliphatic heterocycles. The summed E-state index contributed by atoms with van der Waals surface area (Å²) in [6, 6.07) is 0.500. The van der Waals surface area contributed by atoms with Crippen LogP contribution in [0.3, 0.4) is 0 Å². The van der Waals surface area contributed by atoms with E-state index in [4.69, 9.17) is 5.11 Å². The van der Waals surface area contributed by atoms with Crippen LogP contribution in [0.25, 0.3) is 0 Å². The Kier molecular flexibility index (Phi) is 10.1. The molecule has 0 aromatic heterocycles. The third-order valence-corrected chi connectivity index (χ3v) is 3.61. The van der Waals surface area contributed by atoms with Crippen molar-refractivity contribution in [3.8, 4) is 0 Å². The van der Waals surface area contributed by atoms with Crippen LogP contribution >= 0.6 is 0 Å². The minimum atomic E-state index is -0.905. The van der Waals surface area contributed by atoms with Crippen LogP contribution in [0, 0.1) is 5.92 Å². The fourth-order valence-electron chi connectivity index (χ4n) is 2.06. The van der Waals surface area contributed by atoms with Crippen LogP contribution in [-0.4, -0.2) is 36.1 Å². The van der Waals surface area contributed by atoms with Gasteiger partial charge in [-0.15, -0.1) is 0 Å². The predicted octanol–water partition coefficient (Wildman–Crippen LogP) is 2.16. The molecule has 0 aromatic carbocycles. The molecular weight excluding hydrogens is 256 g/mol. The molecular formula is C15H30N2O3. The average Bonchev–Trinajstić information content (AvgIpc) is 2.40. The topological polar surface area (TPSA) is 78.4 Å². The molecule has 1 amide bonds. The first-order valence-electron chi connectivity index (χ1n) is 7.60. The summed E-state index contributed by atoms with van der Waals surface area (Å²) in [5.74, 6) is -1.43. The summed E-state index contributed by atoms with van der Waals surface area (Å²) in [7, 11) is 1.92. The van der Waals surface area contributed by atoms with Gasteiger partial charge < -0.3 is 15.7 Å². The van der Waals surface area contributed by atoms with Gasteiger partial charge in [-0.25, -0.2) is 0 Å². The molecule has 0 saturated carbocycles. The second-order valence-electron chi connectivity index (χ2n) is 5.61. The van der Waals surface area contributed by atoms with Crippen molar-refractivity contribution < 1.29 is 14.7 Å². The van der Waals surface area contributed by atoms with E-state index >= 15 is 0 Å². The summed E-state index contributed by atoms with van der Waals surface area (Å²) in [5.41, 5.74) is 0. The molecule has 0 saturated heterocycles. The van der Waals surface area contributed by atoms with E-state index in [2.05, 4.69) is 17.6 Å². The van der Waals surface area contributed by atoms with Gasteiger partial charge in [0, 0.05) is 18.0 Å². The van der Waals surface area contributed by atoms with E-state index in [-0.39, 0.29) is 18.4 Å². The standard InChI is InChI=1S/C15H30N2O3/c1-5-6-7-13(10-14(18)19)15(20)17-12(3)9-8-11(2)16-4/h11-13,16H,5-10H2,1-4H3,(H,17,20)(H,18,19). The van der Waals surface area contributed by atoms with E-state index in [1.165, 1.54) is 0 Å². The molecule has 5 nitrogen and oxygen atoms in total. The van der Waals surface area contributed by atoms with Gasteiger partial charge in [-0.1, -0.05) is 19.8 Å². The first-order chi connectivity index (χ1) is 9.40. The van der Waals surface area contributed by atoms with Crippen molar-refractivity contribution in [1.29, 1.82) is 0 Å². The Morgan fingerprint density at radius 1 is 1.10 bits per heavy atom. The van der Waals surface area contributed by atoms with Crippen molar-refractivity contribution in [3.05, 3.63) is 0 Å². The number of hydrogen-bond donors (Lipinski definition) is 3. The number of carboxylic acids is 1. The SMILES string of the molecule is CCCCC(CC(=O)O)C(=O)NC(C)CCC(C)NC. The zero-order chi connectivity index (χ0) is 15.5. The van der Waals surface area contributed by atoms with Gasteiger partial charge in [0.2, 0.25) is 5.91 Å². The van der Waals surface area contributed by atoms with Gasteiger partial charge in [-0.3, -0.25) is 9.59 Å². The Labute approximate surface area is 122 Å². The number of amides is 1. The van der Waals surface area contributed by atoms with E-state index in [0.29, 0.717) is 12.5 Å². The highest BCUT2D eigenvalue weighted by Gasteiger charge is 2.22. The van der Waals surface area contributed by atoms with E-state index < -0.39 is 11.9 Å². The van der Waals surface area contributed by atoms with Crippen molar-refractivity contribution >= 4 is 11.9 Å². The van der Waals surface area contributed by atoms with Crippen molar-refractivity contribution in [2.24, 2.45) is 5.92 Å². The monoisotopic (exact) mass is 286 g/mol. The minimum absolute atomic E-state index is 0.0779. The number of carbonyl (C=O) groups is 2. The quantitative estimate of drug-likeness (QED) is 0.544. The lowest BCUT2D eigenvalue weighted by atomic mass is 9.97. The Balaban J connectivity index is 4.24. The highest BCUT2D eigenvalue weighted by atomic mass is 16.4. The van der Waals surface area contributed by atoms with Crippen molar-refractivity contribution in [2.45, 2.75) is 71.4 Å². The van der Waals surface area contributed by atoms with Crippen LogP contribution in [0.15, 0.2) is 0 Å². The molecule has 0 fully saturated rings. The molecule has 0 radical (unpaired) electrons. The Morgan fingerprint density at radius 2 is 1.70 bits per heavy atom. The molecule has 0 aliphatic carbocycles. The second kappa shape index (κ2) is 10.7. The number of rotatable bonds is 11. The highest BCUT2D eigenvalue weighted by molar-refractivity contribution is 5.83. The molecule has 0 rings (SSSR count). The third kappa shape index (κ3) is 8.91. The maximum Gasteiger partial charge on any atom is 0.304 e. The summed E-state index contributed by atoms with van der Waals surface area (Å²) in [4.78, 5) is 22.9. The van der Waals surface area contributed by atoms with Crippen molar-refractivity contribution in [3.63, 3.8) is 0 Å². The summed E-state index contributed by atoms with van der Waals surface area (Å²) in [6.07, 6.45) is 4.30. The summed E-state index contributed by atoms with van der Waals surface area (Å²) in [6.45, 7) is 6.11. The number of carbonyl (C=O) groups excluding carboxylic acids is 1. The van der Waals surface area contributed by atoms with E-state index in [9.17, 15) is 9.59 Å². The van der Waals surface area contributed by atoms with Crippen LogP contribution < -0.4 is 10.6 Å². The molecule has 0 spiro atoms. The Hall–Kier alpha value is -1.10. The van der Waals surface area contributed by atoms with Gasteiger partial charge >= 0.3 is 5.97 Å². The van der Waals surface area contributed by atoms with Gasteiger partial charge in [-0.2, -0.15) is 0 Å². The zero-order valence-corrected chi connectivity index (χ0v) is 13.2. The fourth-order valence-corrected chi connectivity index (χ4v) is 2.06. The highest BCUT2D eigenvalue weighted by Crippen LogP contribution is 2.14. The average molecular weight is 286 g/mol. The number of nitrogens with one attached hydrogen (secondary N) is 2. The summed E-state index contributed by atoms with van der Waals surface area (Å²) in [5, 5.41) is 15.0. The van der Waals surface area contributed by atoms with Gasteiger partial charge in [0.05, 0.1) is 6.42 Å². The lowest BCUT2D eigenvalue weighted by Crippen LogP contribution is -2.39. The number of hydrogen-bond acceptors (Lipinski definition) is 3. The normalized spacial score (nSPS) is 15.4. The van der Waals surface area contributed by atoms with Crippen molar-refractivity contribution in [1.82, 2.24) is 10.6 Å². The number of carboxylic acid groups (broad SMARTS) is 1. The predicted molar refractivity (Wildman–Crippen MR) is 80.6 cm³/mol. The molecule has 3 N–H and O–H groups in total. The number of unbranched alkanes of at least 4 members (excludes halogenated alkanes) is 1. The van der Waals surface area contributed by atoms with Crippen LogP contribution in [0.1, 0.15) is 59.3 Å². The Bertz CT molecular complexity index is 295. The van der Waals surface area contributed by atoms with Gasteiger partial charge in [0.25, 0.3) is 0 Å². The van der Waals surface area contributed by atoms with Crippen LogP contribution in [0.5, 0.6) is 0 Å². The Morgan fingerprint density at radius 3 is 2.20 bits per heavy atom. The lowest BCUT2D eigenvalue weighted by molar-refractivity contribution is -0.141. The molecule has 118 valence electrons. The van der Waals surface area contributed by atoms with Crippen LogP contribution in [0.2, 0.25) is 0 Å². The van der Waals surface area contributed by atoms with E-state index in [0.717, 1.165) is 25.7 Å². The first-order valence-corrected chi connectivity index (χ1v) is 7.60. The van der Waals surface area contributed by atoms with Gasteiger partial charge in [0.1, 0.15) is 0 Å². The lowest BCUT2D eigenvalue weighted by Gasteiger charge is -2.20. The maximum atomic E-state index is 12.1. The third-order valence-electron chi connectivity index (χ3n) is 3.61. The van der Waals surface area contributed by atoms with E-state index in [1.54, 1.807) is 0 Å². The summed E-state index contributed by atoms with van der Waals surface area (Å²) < 4.78 is 0. The maximum absolute atomic E-state index is 12.1. The molecule has 0 aliphatic rings. The summed E-state index contributed by atoms with van der Waals surface area (Å²) >= 11 is 0. The molecule has 3 atom stereocenters. The first kappa shape index (κ1) is 18.9. The van der Waals surface area contributed by atoms with Gasteiger partial charge in [-0.05, 0) is 40.2 Å². The van der Waals surface area contributed by atoms with Crippen LogP contribution in [-0.2, 0) is 9.59 Å². The van der Waals surface area contributed by atoms with E-state index in [1.807, 2.05) is 20.9 Å². The minimum Gasteiger partial charge on any atom is -0.481 e. The molecule has 0 heterocycles. The van der Waals surface area contributed by atoms with Crippen molar-refractivity contribution in [2.75, 3.05) is 7.05 Å². The molecule has 20 heavy (non-hydrogen) atoms. The largest absolute Gasteiger partial charge is 0.481 e. The molecule has 0 aromatic rings. The second-order valence-corrected chi connectivity index (χ2v) is 5.61. The van der Waals surface area contributed by atoms with Crippen LogP contribution in [0.4, 0.5) is 0 Å². The molecule has 0 bridgehead atoms. The number of aliphatic carboxylic acids is 1. The molecule has 3 unspecified atom stereocenters. The fraction of sp³-hybridized carbons (Fsp3) is 0.867. The smallest absolute Gasteiger partial charge is 0.304 e.